The minimum absolute atomic E-state index is 0.437. The van der Waals surface area contributed by atoms with Gasteiger partial charge in [0.2, 0.25) is 0 Å². The molecule has 4 nitrogen and oxygen atoms in total. The fourth-order valence-corrected chi connectivity index (χ4v) is 10.5. The van der Waals surface area contributed by atoms with Crippen molar-refractivity contribution in [3.63, 3.8) is 0 Å². The standard InChI is InChI=1S/C58H42N4/c1-35-23-25-37(3)51(31-35)59(39-15-7-5-8-16-39)49-29-27-41-45-33-54-46(34-53(45)61-47-21-13-11-19-43(47)55(49)57(41)61)42-28-30-50(56-44-20-12-14-22-48(44)62(54)58(42)56)60(40-17-9-6-10-18-40)52-32-36(2)24-26-38(52)4/h5-34H,1-4H3/i33D,34D. The summed E-state index contributed by atoms with van der Waals surface area (Å²) >= 11 is 0. The van der Waals surface area contributed by atoms with Gasteiger partial charge < -0.3 is 18.6 Å². The van der Waals surface area contributed by atoms with Gasteiger partial charge >= 0.3 is 0 Å². The molecule has 13 aromatic rings. The van der Waals surface area contributed by atoms with E-state index < -0.39 is 0 Å². The van der Waals surface area contributed by atoms with Crippen LogP contribution < -0.4 is 9.80 Å². The van der Waals surface area contributed by atoms with Crippen LogP contribution in [0.25, 0.3) is 76.2 Å². The Morgan fingerprint density at radius 1 is 0.355 bits per heavy atom. The highest BCUT2D eigenvalue weighted by atomic mass is 15.2. The largest absolute Gasteiger partial charge is 0.310 e. The van der Waals surface area contributed by atoms with Gasteiger partial charge in [-0.2, -0.15) is 0 Å². The average Bonchev–Trinajstić information content (AvgIpc) is 4.06. The second kappa shape index (κ2) is 12.8. The fourth-order valence-electron chi connectivity index (χ4n) is 10.5. The van der Waals surface area contributed by atoms with Gasteiger partial charge in [0.1, 0.15) is 0 Å². The maximum Gasteiger partial charge on any atom is 0.0653 e. The molecule has 294 valence electrons. The summed E-state index contributed by atoms with van der Waals surface area (Å²) < 4.78 is 25.4. The highest BCUT2D eigenvalue weighted by Gasteiger charge is 2.28. The predicted molar refractivity (Wildman–Crippen MR) is 264 cm³/mol. The molecule has 4 heteroatoms. The lowest BCUT2D eigenvalue weighted by molar-refractivity contribution is 1.25. The minimum atomic E-state index is 0.437. The van der Waals surface area contributed by atoms with Crippen LogP contribution in [0.3, 0.4) is 0 Å². The van der Waals surface area contributed by atoms with Crippen LogP contribution in [0.15, 0.2) is 182 Å². The van der Waals surface area contributed by atoms with Crippen LogP contribution in [0.1, 0.15) is 25.0 Å². The highest BCUT2D eigenvalue weighted by Crippen LogP contribution is 2.51. The van der Waals surface area contributed by atoms with E-state index in [9.17, 15) is 2.74 Å². The van der Waals surface area contributed by atoms with Gasteiger partial charge in [0, 0.05) is 65.8 Å². The zero-order valence-corrected chi connectivity index (χ0v) is 35.0. The summed E-state index contributed by atoms with van der Waals surface area (Å²) in [5, 5.41) is 8.03. The van der Waals surface area contributed by atoms with Crippen LogP contribution in [0.2, 0.25) is 0 Å². The van der Waals surface area contributed by atoms with Crippen LogP contribution in [0, 0.1) is 27.7 Å². The highest BCUT2D eigenvalue weighted by molar-refractivity contribution is 6.32. The molecule has 0 aliphatic carbocycles. The third kappa shape index (κ3) is 4.72. The third-order valence-electron chi connectivity index (χ3n) is 13.3. The van der Waals surface area contributed by atoms with E-state index in [0.717, 1.165) is 110 Å². The minimum Gasteiger partial charge on any atom is -0.310 e. The monoisotopic (exact) mass is 796 g/mol. The summed E-state index contributed by atoms with van der Waals surface area (Å²) in [6.07, 6.45) is 0. The average molecular weight is 797 g/mol. The number of fused-ring (bicyclic) bond motifs is 12. The summed E-state index contributed by atoms with van der Waals surface area (Å²) in [5.74, 6) is 0. The van der Waals surface area contributed by atoms with E-state index in [1.165, 1.54) is 22.3 Å². The second-order valence-corrected chi connectivity index (χ2v) is 17.0. The van der Waals surface area contributed by atoms with Gasteiger partial charge in [-0.25, -0.2) is 0 Å². The lowest BCUT2D eigenvalue weighted by atomic mass is 10.0. The number of nitrogens with zero attached hydrogens (tertiary/aromatic N) is 4. The maximum atomic E-state index is 10.4. The predicted octanol–water partition coefficient (Wildman–Crippen LogP) is 16.2. The van der Waals surface area contributed by atoms with Crippen molar-refractivity contribution in [3.8, 4) is 0 Å². The molecule has 0 saturated carbocycles. The van der Waals surface area contributed by atoms with E-state index >= 15 is 0 Å². The Balaban J connectivity index is 1.17. The Morgan fingerprint density at radius 2 is 0.758 bits per heavy atom. The molecule has 13 rings (SSSR count). The van der Waals surface area contributed by atoms with Crippen molar-refractivity contribution in [1.82, 2.24) is 8.80 Å². The maximum absolute atomic E-state index is 10.4. The Bertz CT molecular complexity index is 3770. The van der Waals surface area contributed by atoms with Crippen LogP contribution in [-0.4, -0.2) is 8.80 Å². The number of rotatable bonds is 6. The fraction of sp³-hybridized carbons (Fsp3) is 0.0690. The molecule has 4 heterocycles. The normalized spacial score (nSPS) is 12.6. The molecule has 0 aliphatic rings. The van der Waals surface area contributed by atoms with E-state index in [2.05, 4.69) is 216 Å². The van der Waals surface area contributed by atoms with Gasteiger partial charge in [-0.15, -0.1) is 0 Å². The van der Waals surface area contributed by atoms with Gasteiger partial charge in [0.25, 0.3) is 0 Å². The van der Waals surface area contributed by atoms with Crippen molar-refractivity contribution in [2.24, 2.45) is 0 Å². The molecule has 0 aliphatic heterocycles. The van der Waals surface area contributed by atoms with Gasteiger partial charge in [-0.3, -0.25) is 0 Å². The Labute approximate surface area is 362 Å². The van der Waals surface area contributed by atoms with Crippen molar-refractivity contribution in [2.45, 2.75) is 27.7 Å². The number of para-hydroxylation sites is 4. The van der Waals surface area contributed by atoms with E-state index in [1.54, 1.807) is 0 Å². The molecular formula is C58H42N4. The van der Waals surface area contributed by atoms with E-state index in [-0.39, 0.29) is 0 Å². The SMILES string of the molecule is [2H]c1c2c3ccc(N(c4ccccc4)c4cc(C)ccc4C)c4c5ccccc5n(c2c([2H])c2c5ccc(N(c6ccccc6)c6cc(C)ccc6C)c6c7ccccc7n(c12)c56)c34. The first-order valence-corrected chi connectivity index (χ1v) is 21.5. The van der Waals surface area contributed by atoms with Gasteiger partial charge in [0.05, 0.1) is 47.2 Å². The molecule has 62 heavy (non-hydrogen) atoms. The number of benzene rings is 9. The van der Waals surface area contributed by atoms with Crippen molar-refractivity contribution in [3.05, 3.63) is 204 Å². The number of aryl methyl sites for hydroxylation is 4. The van der Waals surface area contributed by atoms with Crippen molar-refractivity contribution in [1.29, 1.82) is 0 Å². The lowest BCUT2D eigenvalue weighted by Gasteiger charge is -2.28. The zero-order valence-electron chi connectivity index (χ0n) is 37.0. The van der Waals surface area contributed by atoms with E-state index in [4.69, 9.17) is 0 Å². The summed E-state index contributed by atoms with van der Waals surface area (Å²) in [4.78, 5) is 4.77. The van der Waals surface area contributed by atoms with Crippen LogP contribution >= 0.6 is 0 Å². The molecule has 0 N–H and O–H groups in total. The third-order valence-corrected chi connectivity index (χ3v) is 13.3. The van der Waals surface area contributed by atoms with E-state index in [1.807, 2.05) is 0 Å². The molecule has 0 unspecified atom stereocenters. The molecular weight excluding hydrogens is 753 g/mol. The molecule has 0 fully saturated rings. The van der Waals surface area contributed by atoms with Gasteiger partial charge in [0.15, 0.2) is 0 Å². The summed E-state index contributed by atoms with van der Waals surface area (Å²) in [6, 6.07) is 61.5. The molecule has 4 aromatic heterocycles. The van der Waals surface area contributed by atoms with E-state index in [0.29, 0.717) is 12.1 Å². The number of aromatic nitrogens is 2. The Hall–Kier alpha value is -7.82. The topological polar surface area (TPSA) is 15.3 Å². The van der Waals surface area contributed by atoms with Crippen LogP contribution in [0.4, 0.5) is 34.1 Å². The zero-order chi connectivity index (χ0) is 43.1. The number of hydrogen-bond acceptors (Lipinski definition) is 2. The molecule has 0 atom stereocenters. The van der Waals surface area contributed by atoms with Crippen LogP contribution in [0.5, 0.6) is 0 Å². The van der Waals surface area contributed by atoms with Gasteiger partial charge in [-0.05, 0) is 123 Å². The molecule has 0 spiro atoms. The first-order valence-electron chi connectivity index (χ1n) is 22.5. The Morgan fingerprint density at radius 3 is 1.19 bits per heavy atom. The molecule has 9 aromatic carbocycles. The molecule has 0 amide bonds. The van der Waals surface area contributed by atoms with Crippen molar-refractivity contribution < 1.29 is 2.74 Å². The van der Waals surface area contributed by atoms with Gasteiger partial charge in [-0.1, -0.05) is 109 Å². The lowest BCUT2D eigenvalue weighted by Crippen LogP contribution is -2.12. The summed E-state index contributed by atoms with van der Waals surface area (Å²) in [6.45, 7) is 8.66. The summed E-state index contributed by atoms with van der Waals surface area (Å²) in [7, 11) is 0. The van der Waals surface area contributed by atoms with Crippen molar-refractivity contribution >= 4 is 110 Å². The quantitative estimate of drug-likeness (QED) is 0.167. The number of hydrogen-bond donors (Lipinski definition) is 0. The number of anilines is 6. The first kappa shape index (κ1) is 33.0. The first-order chi connectivity index (χ1) is 31.3. The summed E-state index contributed by atoms with van der Waals surface area (Å²) in [5.41, 5.74) is 16.9. The smallest absolute Gasteiger partial charge is 0.0653 e. The molecule has 0 saturated heterocycles. The van der Waals surface area contributed by atoms with Crippen molar-refractivity contribution in [2.75, 3.05) is 9.80 Å². The molecule has 0 radical (unpaired) electrons. The molecule has 0 bridgehead atoms. The Kier molecular flexibility index (Phi) is 6.83. The second-order valence-electron chi connectivity index (χ2n) is 17.0. The van der Waals surface area contributed by atoms with Crippen LogP contribution in [-0.2, 0) is 0 Å².